The van der Waals surface area contributed by atoms with E-state index in [9.17, 15) is 4.79 Å². The Kier molecular flexibility index (Phi) is 3.43. The van der Waals surface area contributed by atoms with E-state index in [4.69, 9.17) is 0 Å². The highest BCUT2D eigenvalue weighted by Crippen LogP contribution is 2.11. The van der Waals surface area contributed by atoms with Crippen LogP contribution in [0, 0.1) is 13.8 Å². The summed E-state index contributed by atoms with van der Waals surface area (Å²) in [5.74, 6) is 0. The maximum absolute atomic E-state index is 11.8. The van der Waals surface area contributed by atoms with E-state index in [0.29, 0.717) is 6.54 Å². The molecule has 0 aliphatic rings. The fourth-order valence-electron chi connectivity index (χ4n) is 1.74. The van der Waals surface area contributed by atoms with Crippen molar-refractivity contribution in [3.05, 3.63) is 62.2 Å². The zero-order valence-electron chi connectivity index (χ0n) is 9.77. The van der Waals surface area contributed by atoms with E-state index in [1.165, 1.54) is 0 Å². The zero-order chi connectivity index (χ0) is 12.4. The highest BCUT2D eigenvalue weighted by Gasteiger charge is 2.03. The van der Waals surface area contributed by atoms with Crippen molar-refractivity contribution < 1.29 is 0 Å². The van der Waals surface area contributed by atoms with E-state index in [-0.39, 0.29) is 5.69 Å². The van der Waals surface area contributed by atoms with Gasteiger partial charge in [-0.1, -0.05) is 28.1 Å². The Morgan fingerprint density at radius 2 is 1.88 bits per heavy atom. The lowest BCUT2D eigenvalue weighted by atomic mass is 10.2. The minimum atomic E-state index is -0.189. The summed E-state index contributed by atoms with van der Waals surface area (Å²) in [5.41, 5.74) is 2.60. The predicted octanol–water partition coefficient (Wildman–Crippen LogP) is 2.67. The van der Waals surface area contributed by atoms with Crippen LogP contribution in [0.15, 0.2) is 39.6 Å². The Morgan fingerprint density at radius 1 is 1.24 bits per heavy atom. The standard InChI is InChI=1S/C13H13BrN2O/c1-9-7-10(2)16(13(17)15-9)8-11-3-5-12(14)6-4-11/h3-7H,8H2,1-2H3. The molecule has 0 fully saturated rings. The van der Waals surface area contributed by atoms with Gasteiger partial charge in [0.05, 0.1) is 6.54 Å². The van der Waals surface area contributed by atoms with E-state index in [0.717, 1.165) is 21.4 Å². The van der Waals surface area contributed by atoms with Gasteiger partial charge >= 0.3 is 5.69 Å². The van der Waals surface area contributed by atoms with Crippen LogP contribution in [0.4, 0.5) is 0 Å². The summed E-state index contributed by atoms with van der Waals surface area (Å²) in [6.07, 6.45) is 0. The number of aromatic nitrogens is 2. The van der Waals surface area contributed by atoms with Gasteiger partial charge in [-0.2, -0.15) is 4.98 Å². The Morgan fingerprint density at radius 3 is 2.47 bits per heavy atom. The summed E-state index contributed by atoms with van der Waals surface area (Å²) in [6, 6.07) is 9.85. The summed E-state index contributed by atoms with van der Waals surface area (Å²) >= 11 is 3.39. The van der Waals surface area contributed by atoms with Gasteiger partial charge in [-0.15, -0.1) is 0 Å². The summed E-state index contributed by atoms with van der Waals surface area (Å²) in [4.78, 5) is 15.7. The van der Waals surface area contributed by atoms with Gasteiger partial charge < -0.3 is 0 Å². The minimum Gasteiger partial charge on any atom is -0.292 e. The van der Waals surface area contributed by atoms with Gasteiger partial charge in [0, 0.05) is 15.9 Å². The summed E-state index contributed by atoms with van der Waals surface area (Å²) < 4.78 is 2.71. The van der Waals surface area contributed by atoms with Crippen molar-refractivity contribution in [1.82, 2.24) is 9.55 Å². The van der Waals surface area contributed by atoms with Crippen molar-refractivity contribution in [3.8, 4) is 0 Å². The van der Waals surface area contributed by atoms with Crippen LogP contribution in [-0.2, 0) is 6.54 Å². The molecule has 88 valence electrons. The van der Waals surface area contributed by atoms with E-state index in [1.54, 1.807) is 4.57 Å². The molecule has 0 aliphatic carbocycles. The number of hydrogen-bond donors (Lipinski definition) is 0. The lowest BCUT2D eigenvalue weighted by molar-refractivity contribution is 0.694. The molecule has 17 heavy (non-hydrogen) atoms. The second-order valence-corrected chi connectivity index (χ2v) is 4.95. The molecule has 2 rings (SSSR count). The third-order valence-electron chi connectivity index (χ3n) is 2.60. The van der Waals surface area contributed by atoms with Gasteiger partial charge in [-0.3, -0.25) is 4.57 Å². The van der Waals surface area contributed by atoms with Crippen LogP contribution in [0.3, 0.4) is 0 Å². The molecule has 1 aromatic heterocycles. The molecule has 0 amide bonds. The molecule has 1 heterocycles. The van der Waals surface area contributed by atoms with Gasteiger partial charge in [0.1, 0.15) is 0 Å². The van der Waals surface area contributed by atoms with Crippen molar-refractivity contribution >= 4 is 15.9 Å². The van der Waals surface area contributed by atoms with Crippen molar-refractivity contribution in [2.45, 2.75) is 20.4 Å². The first-order valence-electron chi connectivity index (χ1n) is 5.36. The van der Waals surface area contributed by atoms with E-state index in [2.05, 4.69) is 20.9 Å². The highest BCUT2D eigenvalue weighted by atomic mass is 79.9. The molecule has 0 bridgehead atoms. The molecule has 1 aromatic carbocycles. The molecule has 0 saturated heterocycles. The molecule has 3 nitrogen and oxygen atoms in total. The first-order valence-corrected chi connectivity index (χ1v) is 6.15. The SMILES string of the molecule is Cc1cc(C)n(Cc2ccc(Br)cc2)c(=O)n1. The van der Waals surface area contributed by atoms with E-state index < -0.39 is 0 Å². The van der Waals surface area contributed by atoms with Crippen LogP contribution in [0.2, 0.25) is 0 Å². The van der Waals surface area contributed by atoms with Gasteiger partial charge in [0.25, 0.3) is 0 Å². The van der Waals surface area contributed by atoms with Crippen molar-refractivity contribution in [2.75, 3.05) is 0 Å². The first kappa shape index (κ1) is 12.0. The Labute approximate surface area is 108 Å². The number of aryl methyl sites for hydroxylation is 2. The van der Waals surface area contributed by atoms with Crippen molar-refractivity contribution in [1.29, 1.82) is 0 Å². The molecule has 0 saturated carbocycles. The molecule has 0 aliphatic heterocycles. The Hall–Kier alpha value is -1.42. The van der Waals surface area contributed by atoms with Crippen molar-refractivity contribution in [2.24, 2.45) is 0 Å². The summed E-state index contributed by atoms with van der Waals surface area (Å²) in [6.45, 7) is 4.32. The molecule has 0 spiro atoms. The number of nitrogens with zero attached hydrogens (tertiary/aromatic N) is 2. The highest BCUT2D eigenvalue weighted by molar-refractivity contribution is 9.10. The second-order valence-electron chi connectivity index (χ2n) is 4.03. The number of benzene rings is 1. The smallest absolute Gasteiger partial charge is 0.292 e. The summed E-state index contributed by atoms with van der Waals surface area (Å²) in [7, 11) is 0. The monoisotopic (exact) mass is 292 g/mol. The van der Waals surface area contributed by atoms with Crippen LogP contribution in [-0.4, -0.2) is 9.55 Å². The third-order valence-corrected chi connectivity index (χ3v) is 3.13. The molecular weight excluding hydrogens is 280 g/mol. The van der Waals surface area contributed by atoms with E-state index in [1.807, 2.05) is 44.2 Å². The maximum Gasteiger partial charge on any atom is 0.348 e. The van der Waals surface area contributed by atoms with Crippen LogP contribution >= 0.6 is 15.9 Å². The van der Waals surface area contributed by atoms with Crippen LogP contribution in [0.25, 0.3) is 0 Å². The molecule has 0 N–H and O–H groups in total. The molecule has 2 aromatic rings. The molecule has 0 atom stereocenters. The van der Waals surface area contributed by atoms with Gasteiger partial charge in [-0.25, -0.2) is 4.79 Å². The Bertz CT molecular complexity index is 587. The number of hydrogen-bond acceptors (Lipinski definition) is 2. The number of rotatable bonds is 2. The van der Waals surface area contributed by atoms with Crippen LogP contribution in [0.5, 0.6) is 0 Å². The lowest BCUT2D eigenvalue weighted by Gasteiger charge is -2.09. The first-order chi connectivity index (χ1) is 8.06. The van der Waals surface area contributed by atoms with Crippen molar-refractivity contribution in [3.63, 3.8) is 0 Å². The number of halogens is 1. The van der Waals surface area contributed by atoms with E-state index >= 15 is 0 Å². The molecular formula is C13H13BrN2O. The molecule has 0 radical (unpaired) electrons. The predicted molar refractivity (Wildman–Crippen MR) is 71.2 cm³/mol. The lowest BCUT2D eigenvalue weighted by Crippen LogP contribution is -2.26. The van der Waals surface area contributed by atoms with Gasteiger partial charge in [0.2, 0.25) is 0 Å². The fourth-order valence-corrected chi connectivity index (χ4v) is 2.00. The average molecular weight is 293 g/mol. The largest absolute Gasteiger partial charge is 0.348 e. The molecule has 0 unspecified atom stereocenters. The average Bonchev–Trinajstić information content (AvgIpc) is 2.26. The van der Waals surface area contributed by atoms with Gasteiger partial charge in [0.15, 0.2) is 0 Å². The van der Waals surface area contributed by atoms with Crippen LogP contribution < -0.4 is 5.69 Å². The second kappa shape index (κ2) is 4.84. The Balaban J connectivity index is 2.36. The maximum atomic E-state index is 11.8. The van der Waals surface area contributed by atoms with Crippen LogP contribution in [0.1, 0.15) is 17.0 Å². The third kappa shape index (κ3) is 2.82. The fraction of sp³-hybridized carbons (Fsp3) is 0.231. The quantitative estimate of drug-likeness (QED) is 0.853. The topological polar surface area (TPSA) is 34.9 Å². The zero-order valence-corrected chi connectivity index (χ0v) is 11.4. The van der Waals surface area contributed by atoms with Gasteiger partial charge in [-0.05, 0) is 37.6 Å². The normalized spacial score (nSPS) is 10.5. The molecule has 4 heteroatoms. The minimum absolute atomic E-state index is 0.189. The summed E-state index contributed by atoms with van der Waals surface area (Å²) in [5, 5.41) is 0.